The SMILES string of the molecule is COc1ccccc1-n1c(=O)n(C)c2c(Br)cccc21. The van der Waals surface area contributed by atoms with Gasteiger partial charge in [0.15, 0.2) is 0 Å². The van der Waals surface area contributed by atoms with E-state index in [0.717, 1.165) is 21.2 Å². The Kier molecular flexibility index (Phi) is 3.14. The number of methoxy groups -OCH3 is 1. The molecule has 2 aromatic carbocycles. The molecule has 0 atom stereocenters. The molecule has 0 aliphatic rings. The number of hydrogen-bond donors (Lipinski definition) is 0. The van der Waals surface area contributed by atoms with Crippen molar-refractivity contribution in [1.29, 1.82) is 0 Å². The van der Waals surface area contributed by atoms with E-state index in [9.17, 15) is 4.79 Å². The molecule has 0 radical (unpaired) electrons. The van der Waals surface area contributed by atoms with Gasteiger partial charge in [-0.1, -0.05) is 18.2 Å². The summed E-state index contributed by atoms with van der Waals surface area (Å²) < 4.78 is 9.55. The van der Waals surface area contributed by atoms with Gasteiger partial charge in [0.2, 0.25) is 0 Å². The molecule has 0 aliphatic carbocycles. The molecule has 4 nitrogen and oxygen atoms in total. The van der Waals surface area contributed by atoms with Crippen molar-refractivity contribution in [3.8, 4) is 11.4 Å². The molecule has 0 amide bonds. The van der Waals surface area contributed by atoms with Gasteiger partial charge in [-0.3, -0.25) is 9.13 Å². The molecular weight excluding hydrogens is 320 g/mol. The highest BCUT2D eigenvalue weighted by Crippen LogP contribution is 2.28. The summed E-state index contributed by atoms with van der Waals surface area (Å²) in [7, 11) is 3.37. The zero-order valence-corrected chi connectivity index (χ0v) is 12.7. The van der Waals surface area contributed by atoms with Crippen molar-refractivity contribution in [3.05, 3.63) is 57.4 Å². The molecule has 102 valence electrons. The fourth-order valence-corrected chi connectivity index (χ4v) is 3.03. The molecular formula is C15H13BrN2O2. The molecule has 0 saturated heterocycles. The Bertz CT molecular complexity index is 849. The van der Waals surface area contributed by atoms with E-state index in [1.165, 1.54) is 0 Å². The number of rotatable bonds is 2. The summed E-state index contributed by atoms with van der Waals surface area (Å²) >= 11 is 3.50. The van der Waals surface area contributed by atoms with Gasteiger partial charge in [0.1, 0.15) is 5.75 Å². The summed E-state index contributed by atoms with van der Waals surface area (Å²) in [5.74, 6) is 0.669. The molecule has 0 aliphatic heterocycles. The van der Waals surface area contributed by atoms with Crippen LogP contribution in [-0.2, 0) is 7.05 Å². The number of benzene rings is 2. The number of imidazole rings is 1. The van der Waals surface area contributed by atoms with Crippen LogP contribution >= 0.6 is 15.9 Å². The minimum absolute atomic E-state index is 0.101. The predicted octanol–water partition coefficient (Wildman–Crippen LogP) is 3.10. The number of aryl methyl sites for hydroxylation is 1. The Labute approximate surface area is 124 Å². The maximum absolute atomic E-state index is 12.6. The molecule has 1 heterocycles. The third-order valence-electron chi connectivity index (χ3n) is 3.35. The summed E-state index contributed by atoms with van der Waals surface area (Å²) in [5.41, 5.74) is 2.35. The number of fused-ring (bicyclic) bond motifs is 1. The third-order valence-corrected chi connectivity index (χ3v) is 3.99. The summed E-state index contributed by atoms with van der Waals surface area (Å²) in [4.78, 5) is 12.6. The van der Waals surface area contributed by atoms with E-state index in [1.807, 2.05) is 42.5 Å². The molecule has 20 heavy (non-hydrogen) atoms. The second-order valence-electron chi connectivity index (χ2n) is 4.46. The van der Waals surface area contributed by atoms with Gasteiger partial charge in [0, 0.05) is 11.5 Å². The summed E-state index contributed by atoms with van der Waals surface area (Å²) in [6.45, 7) is 0. The van der Waals surface area contributed by atoms with Crippen molar-refractivity contribution >= 4 is 27.0 Å². The minimum Gasteiger partial charge on any atom is -0.495 e. The molecule has 3 rings (SSSR count). The highest BCUT2D eigenvalue weighted by atomic mass is 79.9. The lowest BCUT2D eigenvalue weighted by molar-refractivity contribution is 0.413. The van der Waals surface area contributed by atoms with Crippen LogP contribution < -0.4 is 10.4 Å². The van der Waals surface area contributed by atoms with Crippen LogP contribution in [0.4, 0.5) is 0 Å². The maximum Gasteiger partial charge on any atom is 0.333 e. The summed E-state index contributed by atoms with van der Waals surface area (Å²) in [6.07, 6.45) is 0. The minimum atomic E-state index is -0.101. The molecule has 0 N–H and O–H groups in total. The van der Waals surface area contributed by atoms with Crippen LogP contribution in [-0.4, -0.2) is 16.2 Å². The van der Waals surface area contributed by atoms with E-state index in [0.29, 0.717) is 5.75 Å². The number of hydrogen-bond acceptors (Lipinski definition) is 2. The van der Waals surface area contributed by atoms with Gasteiger partial charge >= 0.3 is 5.69 Å². The number of ether oxygens (including phenoxy) is 1. The lowest BCUT2D eigenvalue weighted by Crippen LogP contribution is -2.21. The number of nitrogens with zero attached hydrogens (tertiary/aromatic N) is 2. The monoisotopic (exact) mass is 332 g/mol. The lowest BCUT2D eigenvalue weighted by Gasteiger charge is -2.09. The smallest absolute Gasteiger partial charge is 0.333 e. The predicted molar refractivity (Wildman–Crippen MR) is 82.8 cm³/mol. The van der Waals surface area contributed by atoms with Crippen LogP contribution in [0, 0.1) is 0 Å². The largest absolute Gasteiger partial charge is 0.495 e. The fourth-order valence-electron chi connectivity index (χ4n) is 2.41. The van der Waals surface area contributed by atoms with Crippen molar-refractivity contribution in [3.63, 3.8) is 0 Å². The first-order valence-corrected chi connectivity index (χ1v) is 6.94. The second kappa shape index (κ2) is 4.83. The first kappa shape index (κ1) is 13.0. The van der Waals surface area contributed by atoms with Gasteiger partial charge in [0.25, 0.3) is 0 Å². The lowest BCUT2D eigenvalue weighted by atomic mass is 10.2. The number of halogens is 1. The molecule has 5 heteroatoms. The van der Waals surface area contributed by atoms with Gasteiger partial charge in [0.05, 0.1) is 23.8 Å². The zero-order valence-electron chi connectivity index (χ0n) is 11.1. The van der Waals surface area contributed by atoms with E-state index in [4.69, 9.17) is 4.74 Å². The summed E-state index contributed by atoms with van der Waals surface area (Å²) in [5, 5.41) is 0. The fraction of sp³-hybridized carbons (Fsp3) is 0.133. The molecule has 0 spiro atoms. The van der Waals surface area contributed by atoms with Crippen molar-refractivity contribution < 1.29 is 4.74 Å². The standard InChI is InChI=1S/C15H13BrN2O2/c1-17-14-10(16)6-5-8-12(14)18(15(17)19)11-7-3-4-9-13(11)20-2/h3-9H,1-2H3. The second-order valence-corrected chi connectivity index (χ2v) is 5.31. The van der Waals surface area contributed by atoms with Crippen LogP contribution in [0.15, 0.2) is 51.7 Å². The van der Waals surface area contributed by atoms with Crippen molar-refractivity contribution in [2.24, 2.45) is 7.05 Å². The molecule has 0 fully saturated rings. The van der Waals surface area contributed by atoms with Gasteiger partial charge in [-0.2, -0.15) is 0 Å². The third kappa shape index (κ3) is 1.78. The number of aromatic nitrogens is 2. The van der Waals surface area contributed by atoms with E-state index < -0.39 is 0 Å². The van der Waals surface area contributed by atoms with E-state index >= 15 is 0 Å². The van der Waals surface area contributed by atoms with Crippen LogP contribution in [0.5, 0.6) is 5.75 Å². The van der Waals surface area contributed by atoms with Crippen LogP contribution in [0.3, 0.4) is 0 Å². The first-order valence-electron chi connectivity index (χ1n) is 6.14. The van der Waals surface area contributed by atoms with Crippen molar-refractivity contribution in [2.45, 2.75) is 0 Å². The normalized spacial score (nSPS) is 10.9. The Morgan fingerprint density at radius 1 is 1.10 bits per heavy atom. The molecule has 0 saturated carbocycles. The quantitative estimate of drug-likeness (QED) is 0.723. The Balaban J connectivity index is 2.46. The van der Waals surface area contributed by atoms with Crippen molar-refractivity contribution in [2.75, 3.05) is 7.11 Å². The highest BCUT2D eigenvalue weighted by Gasteiger charge is 2.16. The highest BCUT2D eigenvalue weighted by molar-refractivity contribution is 9.10. The Hall–Kier alpha value is -2.01. The number of para-hydroxylation sites is 3. The van der Waals surface area contributed by atoms with E-state index in [1.54, 1.807) is 23.3 Å². The van der Waals surface area contributed by atoms with Crippen LogP contribution in [0.25, 0.3) is 16.7 Å². The molecule has 1 aromatic heterocycles. The average molecular weight is 333 g/mol. The average Bonchev–Trinajstić information content (AvgIpc) is 2.72. The topological polar surface area (TPSA) is 36.2 Å². The van der Waals surface area contributed by atoms with E-state index in [2.05, 4.69) is 15.9 Å². The Morgan fingerprint density at radius 2 is 1.85 bits per heavy atom. The summed E-state index contributed by atoms with van der Waals surface area (Å²) in [6, 6.07) is 13.3. The van der Waals surface area contributed by atoms with Crippen molar-refractivity contribution in [1.82, 2.24) is 9.13 Å². The Morgan fingerprint density at radius 3 is 2.60 bits per heavy atom. The van der Waals surface area contributed by atoms with E-state index in [-0.39, 0.29) is 5.69 Å². The zero-order chi connectivity index (χ0) is 14.3. The van der Waals surface area contributed by atoms with Gasteiger partial charge in [-0.15, -0.1) is 0 Å². The van der Waals surface area contributed by atoms with Crippen LogP contribution in [0.1, 0.15) is 0 Å². The van der Waals surface area contributed by atoms with Gasteiger partial charge in [-0.05, 0) is 40.2 Å². The van der Waals surface area contributed by atoms with Gasteiger partial charge < -0.3 is 4.74 Å². The molecule has 0 unspecified atom stereocenters. The van der Waals surface area contributed by atoms with Gasteiger partial charge in [-0.25, -0.2) is 4.79 Å². The first-order chi connectivity index (χ1) is 9.65. The maximum atomic E-state index is 12.6. The molecule has 0 bridgehead atoms. The van der Waals surface area contributed by atoms with Crippen LogP contribution in [0.2, 0.25) is 0 Å². The molecule has 3 aromatic rings.